The summed E-state index contributed by atoms with van der Waals surface area (Å²) in [5.41, 5.74) is 2.85. The van der Waals surface area contributed by atoms with Gasteiger partial charge in [-0.15, -0.1) is 17.9 Å². The molecule has 0 saturated heterocycles. The zero-order valence-corrected chi connectivity index (χ0v) is 14.9. The molecule has 0 bridgehead atoms. The van der Waals surface area contributed by atoms with Crippen LogP contribution in [-0.2, 0) is 0 Å². The van der Waals surface area contributed by atoms with Crippen LogP contribution in [0.25, 0.3) is 22.0 Å². The second kappa shape index (κ2) is 7.10. The lowest BCUT2D eigenvalue weighted by molar-refractivity contribution is 0.628. The van der Waals surface area contributed by atoms with Crippen molar-refractivity contribution in [1.29, 1.82) is 0 Å². The van der Waals surface area contributed by atoms with E-state index in [1.54, 1.807) is 23.5 Å². The second-order valence-corrected chi connectivity index (χ2v) is 6.76. The van der Waals surface area contributed by atoms with Gasteiger partial charge in [0.1, 0.15) is 5.82 Å². The monoisotopic (exact) mass is 360 g/mol. The molecule has 2 nitrogen and oxygen atoms in total. The molecule has 4 aromatic rings. The standard InChI is InChI=1S/C22H17FN2S/c1-2-14-25(21-9-5-7-16-6-3-4-8-19(16)21)22-24-20(15-26-22)17-10-12-18(23)13-11-17/h2-13,15H,1,14H2. The molecule has 4 heteroatoms. The minimum atomic E-state index is -0.242. The maximum Gasteiger partial charge on any atom is 0.190 e. The van der Waals surface area contributed by atoms with E-state index in [9.17, 15) is 4.39 Å². The Labute approximate surface area is 155 Å². The highest BCUT2D eigenvalue weighted by Gasteiger charge is 2.15. The molecule has 0 fully saturated rings. The van der Waals surface area contributed by atoms with Crippen molar-refractivity contribution < 1.29 is 4.39 Å². The zero-order chi connectivity index (χ0) is 17.9. The first-order valence-corrected chi connectivity index (χ1v) is 9.22. The number of hydrogen-bond donors (Lipinski definition) is 0. The first-order valence-electron chi connectivity index (χ1n) is 8.34. The van der Waals surface area contributed by atoms with Gasteiger partial charge in [-0.05, 0) is 35.7 Å². The Kier molecular flexibility index (Phi) is 4.50. The van der Waals surface area contributed by atoms with Crippen LogP contribution in [0.2, 0.25) is 0 Å². The van der Waals surface area contributed by atoms with E-state index in [2.05, 4.69) is 41.8 Å². The summed E-state index contributed by atoms with van der Waals surface area (Å²) in [5, 5.41) is 5.26. The molecule has 3 aromatic carbocycles. The predicted molar refractivity (Wildman–Crippen MR) is 109 cm³/mol. The van der Waals surface area contributed by atoms with Crippen LogP contribution in [-0.4, -0.2) is 11.5 Å². The number of fused-ring (bicyclic) bond motifs is 1. The fourth-order valence-electron chi connectivity index (χ4n) is 2.99. The summed E-state index contributed by atoms with van der Waals surface area (Å²) < 4.78 is 13.2. The number of nitrogens with zero attached hydrogens (tertiary/aromatic N) is 2. The minimum absolute atomic E-state index is 0.242. The number of rotatable bonds is 5. The van der Waals surface area contributed by atoms with Gasteiger partial charge in [0.15, 0.2) is 5.13 Å². The molecule has 0 N–H and O–H groups in total. The van der Waals surface area contributed by atoms with E-state index in [1.165, 1.54) is 22.9 Å². The van der Waals surface area contributed by atoms with E-state index in [1.807, 2.05) is 23.6 Å². The molecule has 0 spiro atoms. The van der Waals surface area contributed by atoms with Gasteiger partial charge < -0.3 is 4.90 Å². The first-order chi connectivity index (χ1) is 12.8. The molecule has 0 aliphatic rings. The van der Waals surface area contributed by atoms with Crippen molar-refractivity contribution in [3.8, 4) is 11.3 Å². The molecule has 0 saturated carbocycles. The summed E-state index contributed by atoms with van der Waals surface area (Å²) >= 11 is 1.57. The van der Waals surface area contributed by atoms with Crippen LogP contribution in [0.15, 0.2) is 84.8 Å². The number of halogens is 1. The number of aromatic nitrogens is 1. The Morgan fingerprint density at radius 3 is 2.58 bits per heavy atom. The summed E-state index contributed by atoms with van der Waals surface area (Å²) in [5.74, 6) is -0.242. The lowest BCUT2D eigenvalue weighted by Crippen LogP contribution is -2.16. The molecule has 0 aliphatic heterocycles. The van der Waals surface area contributed by atoms with Crippen LogP contribution in [0.3, 0.4) is 0 Å². The summed E-state index contributed by atoms with van der Waals surface area (Å²) in [4.78, 5) is 6.95. The molecule has 4 rings (SSSR count). The maximum absolute atomic E-state index is 13.2. The summed E-state index contributed by atoms with van der Waals surface area (Å²) in [6.45, 7) is 4.56. The van der Waals surface area contributed by atoms with E-state index >= 15 is 0 Å². The quantitative estimate of drug-likeness (QED) is 0.381. The van der Waals surface area contributed by atoms with Gasteiger partial charge in [0.2, 0.25) is 0 Å². The molecule has 128 valence electrons. The third-order valence-corrected chi connectivity index (χ3v) is 5.10. The van der Waals surface area contributed by atoms with E-state index in [0.717, 1.165) is 22.1 Å². The van der Waals surface area contributed by atoms with Crippen molar-refractivity contribution in [2.45, 2.75) is 0 Å². The molecule has 0 atom stereocenters. The molecule has 26 heavy (non-hydrogen) atoms. The lowest BCUT2D eigenvalue weighted by atomic mass is 10.1. The summed E-state index contributed by atoms with van der Waals surface area (Å²) in [6.07, 6.45) is 1.88. The van der Waals surface area contributed by atoms with Crippen LogP contribution in [0.5, 0.6) is 0 Å². The Hall–Kier alpha value is -2.98. The Balaban J connectivity index is 1.77. The smallest absolute Gasteiger partial charge is 0.190 e. The highest BCUT2D eigenvalue weighted by molar-refractivity contribution is 7.14. The predicted octanol–water partition coefficient (Wildman–Crippen LogP) is 6.43. The minimum Gasteiger partial charge on any atom is -0.313 e. The number of hydrogen-bond acceptors (Lipinski definition) is 3. The van der Waals surface area contributed by atoms with Gasteiger partial charge in [0.25, 0.3) is 0 Å². The summed E-state index contributed by atoms with van der Waals surface area (Å²) in [7, 11) is 0. The molecule has 0 amide bonds. The van der Waals surface area contributed by atoms with Crippen molar-refractivity contribution in [3.05, 3.63) is 90.6 Å². The van der Waals surface area contributed by atoms with Crippen LogP contribution < -0.4 is 4.90 Å². The third kappa shape index (κ3) is 3.11. The highest BCUT2D eigenvalue weighted by atomic mass is 32.1. The average Bonchev–Trinajstić information content (AvgIpc) is 3.16. The van der Waals surface area contributed by atoms with E-state index in [4.69, 9.17) is 4.98 Å². The van der Waals surface area contributed by atoms with Crippen LogP contribution in [0, 0.1) is 5.82 Å². The third-order valence-electron chi connectivity index (χ3n) is 4.23. The zero-order valence-electron chi connectivity index (χ0n) is 14.1. The van der Waals surface area contributed by atoms with Crippen molar-refractivity contribution in [2.75, 3.05) is 11.4 Å². The Morgan fingerprint density at radius 1 is 1.00 bits per heavy atom. The van der Waals surface area contributed by atoms with Crippen molar-refractivity contribution in [1.82, 2.24) is 4.98 Å². The van der Waals surface area contributed by atoms with E-state index in [0.29, 0.717) is 6.54 Å². The van der Waals surface area contributed by atoms with Gasteiger partial charge in [-0.2, -0.15) is 0 Å². The van der Waals surface area contributed by atoms with Crippen LogP contribution in [0.1, 0.15) is 0 Å². The van der Waals surface area contributed by atoms with Gasteiger partial charge in [-0.25, -0.2) is 9.37 Å². The molecule has 0 aliphatic carbocycles. The molecular weight excluding hydrogens is 343 g/mol. The SMILES string of the molecule is C=CCN(c1nc(-c2ccc(F)cc2)cs1)c1cccc2ccccc12. The van der Waals surface area contributed by atoms with E-state index in [-0.39, 0.29) is 5.82 Å². The number of benzene rings is 3. The van der Waals surface area contributed by atoms with Gasteiger partial charge in [-0.3, -0.25) is 0 Å². The van der Waals surface area contributed by atoms with Gasteiger partial charge >= 0.3 is 0 Å². The Morgan fingerprint density at radius 2 is 1.77 bits per heavy atom. The largest absolute Gasteiger partial charge is 0.313 e. The number of thiazole rings is 1. The van der Waals surface area contributed by atoms with E-state index < -0.39 is 0 Å². The van der Waals surface area contributed by atoms with Crippen LogP contribution in [0.4, 0.5) is 15.2 Å². The van der Waals surface area contributed by atoms with Crippen molar-refractivity contribution >= 4 is 32.9 Å². The molecule has 1 aromatic heterocycles. The van der Waals surface area contributed by atoms with Gasteiger partial charge in [-0.1, -0.05) is 42.5 Å². The van der Waals surface area contributed by atoms with Crippen molar-refractivity contribution in [3.63, 3.8) is 0 Å². The fraction of sp³-hybridized carbons (Fsp3) is 0.0455. The second-order valence-electron chi connectivity index (χ2n) is 5.92. The average molecular weight is 360 g/mol. The van der Waals surface area contributed by atoms with Gasteiger partial charge in [0.05, 0.1) is 11.4 Å². The summed E-state index contributed by atoms with van der Waals surface area (Å²) in [6, 6.07) is 21.0. The van der Waals surface area contributed by atoms with Crippen molar-refractivity contribution in [2.24, 2.45) is 0 Å². The normalized spacial score (nSPS) is 10.8. The number of anilines is 2. The van der Waals surface area contributed by atoms with Gasteiger partial charge in [0, 0.05) is 22.9 Å². The first kappa shape index (κ1) is 16.5. The molecule has 1 heterocycles. The topological polar surface area (TPSA) is 16.1 Å². The lowest BCUT2D eigenvalue weighted by Gasteiger charge is -2.22. The molecule has 0 radical (unpaired) electrons. The molecular formula is C22H17FN2S. The van der Waals surface area contributed by atoms with Crippen LogP contribution >= 0.6 is 11.3 Å². The highest BCUT2D eigenvalue weighted by Crippen LogP contribution is 2.35. The molecule has 0 unspecified atom stereocenters. The maximum atomic E-state index is 13.2. The Bertz CT molecular complexity index is 1050. The fourth-order valence-corrected chi connectivity index (χ4v) is 3.85.